The summed E-state index contributed by atoms with van der Waals surface area (Å²) in [5.74, 6) is -0.315. The number of pyridine rings is 1. The van der Waals surface area contributed by atoms with Crippen molar-refractivity contribution in [1.82, 2.24) is 29.5 Å². The Hall–Kier alpha value is -4.37. The van der Waals surface area contributed by atoms with Crippen molar-refractivity contribution in [3.63, 3.8) is 0 Å². The lowest BCUT2D eigenvalue weighted by Crippen LogP contribution is -2.42. The Morgan fingerprint density at radius 3 is 2.61 bits per heavy atom. The average Bonchev–Trinajstić information content (AvgIpc) is 3.63. The van der Waals surface area contributed by atoms with E-state index in [1.165, 1.54) is 24.4 Å². The number of nitrogens with zero attached hydrogens (tertiary/aromatic N) is 4. The fourth-order valence-electron chi connectivity index (χ4n) is 4.50. The molecule has 0 saturated heterocycles. The Morgan fingerprint density at radius 1 is 1.07 bits per heavy atom. The molecule has 3 aromatic heterocycles. The zero-order chi connectivity index (χ0) is 31.3. The lowest BCUT2D eigenvalue weighted by Gasteiger charge is -2.28. The number of carbonyl (C=O) groups is 1. The normalized spacial score (nSPS) is 12.7. The monoisotopic (exact) mass is 635 g/mol. The largest absolute Gasteiger partial charge is 0.498 e. The quantitative estimate of drug-likeness (QED) is 0.129. The van der Waals surface area contributed by atoms with Gasteiger partial charge in [-0.15, -0.1) is 0 Å². The minimum Gasteiger partial charge on any atom is -0.498 e. The number of aryl methyl sites for hydroxylation is 1. The number of β-amino-alcohol motifs (C(OH)–C–C–N with tert-alkyl or cyclic N) is 1. The van der Waals surface area contributed by atoms with E-state index in [4.69, 9.17) is 0 Å². The lowest BCUT2D eigenvalue weighted by molar-refractivity contribution is 0.0950. The molecule has 0 saturated carbocycles. The number of amides is 1. The molecule has 5 N–H and O–H groups in total. The molecule has 1 atom stereocenters. The fourth-order valence-corrected chi connectivity index (χ4v) is 6.08. The summed E-state index contributed by atoms with van der Waals surface area (Å²) in [6.07, 6.45) is 3.01. The second kappa shape index (κ2) is 13.1. The third kappa shape index (κ3) is 7.77. The lowest BCUT2D eigenvalue weighted by atomic mass is 9.99. The van der Waals surface area contributed by atoms with Gasteiger partial charge in [0.2, 0.25) is 0 Å². The number of aliphatic hydroxyl groups is 1. The molecular formula is C30H33N7O5S2. The number of nitrogens with one attached hydrogen (secondary N) is 3. The first-order valence-electron chi connectivity index (χ1n) is 13.8. The van der Waals surface area contributed by atoms with E-state index in [1.807, 2.05) is 18.4 Å². The number of imidazole rings is 1. The van der Waals surface area contributed by atoms with Crippen molar-refractivity contribution >= 4 is 44.3 Å². The summed E-state index contributed by atoms with van der Waals surface area (Å²) in [7, 11) is -3.74. The molecule has 44 heavy (non-hydrogen) atoms. The number of anilines is 1. The average molecular weight is 636 g/mol. The highest BCUT2D eigenvalue weighted by Crippen LogP contribution is 2.22. The molecule has 0 aliphatic rings. The molecular weight excluding hydrogens is 603 g/mol. The first-order chi connectivity index (χ1) is 21.0. The predicted molar refractivity (Wildman–Crippen MR) is 168 cm³/mol. The van der Waals surface area contributed by atoms with E-state index in [1.54, 1.807) is 54.9 Å². The van der Waals surface area contributed by atoms with E-state index in [9.17, 15) is 23.4 Å². The van der Waals surface area contributed by atoms with Crippen LogP contribution in [0.4, 0.5) is 5.69 Å². The number of fused-ring (bicyclic) bond motifs is 1. The second-order valence-electron chi connectivity index (χ2n) is 10.9. The predicted octanol–water partition coefficient (Wildman–Crippen LogP) is 3.82. The highest BCUT2D eigenvalue weighted by Gasteiger charge is 2.21. The van der Waals surface area contributed by atoms with Crippen LogP contribution in [0.2, 0.25) is 0 Å². The fraction of sp³-hybridized carbons (Fsp3) is 0.267. The smallest absolute Gasteiger partial charge is 0.261 e. The van der Waals surface area contributed by atoms with Crippen molar-refractivity contribution in [2.24, 2.45) is 0 Å². The molecule has 14 heteroatoms. The molecule has 0 bridgehead atoms. The van der Waals surface area contributed by atoms with Gasteiger partial charge in [-0.05, 0) is 56.2 Å². The number of carbonyl (C=O) groups excluding carboxylic acids is 1. The molecule has 3 heterocycles. The van der Waals surface area contributed by atoms with Gasteiger partial charge in [0.25, 0.3) is 15.9 Å². The Bertz CT molecular complexity index is 1860. The minimum atomic E-state index is -3.74. The molecule has 230 valence electrons. The third-order valence-electron chi connectivity index (χ3n) is 7.02. The molecule has 0 unspecified atom stereocenters. The van der Waals surface area contributed by atoms with Gasteiger partial charge in [0, 0.05) is 48.1 Å². The number of hydrogen-bond acceptors (Lipinski definition) is 10. The molecule has 2 aromatic carbocycles. The molecule has 0 radical (unpaired) electrons. The maximum absolute atomic E-state index is 12.7. The van der Waals surface area contributed by atoms with E-state index >= 15 is 0 Å². The number of benzene rings is 2. The molecule has 5 aromatic rings. The highest BCUT2D eigenvalue weighted by atomic mass is 32.2. The van der Waals surface area contributed by atoms with Gasteiger partial charge in [-0.25, -0.2) is 18.4 Å². The summed E-state index contributed by atoms with van der Waals surface area (Å²) in [5.41, 5.74) is 2.76. The summed E-state index contributed by atoms with van der Waals surface area (Å²) in [5, 5.41) is 26.5. The number of aromatic nitrogens is 4. The van der Waals surface area contributed by atoms with E-state index in [0.29, 0.717) is 46.6 Å². The Labute approximate surface area is 259 Å². The van der Waals surface area contributed by atoms with Crippen molar-refractivity contribution < 1.29 is 23.4 Å². The van der Waals surface area contributed by atoms with Crippen LogP contribution in [0.3, 0.4) is 0 Å². The van der Waals surface area contributed by atoms with E-state index in [0.717, 1.165) is 11.5 Å². The molecule has 12 nitrogen and oxygen atoms in total. The van der Waals surface area contributed by atoms with Gasteiger partial charge in [-0.1, -0.05) is 30.3 Å². The van der Waals surface area contributed by atoms with Crippen molar-refractivity contribution in [1.29, 1.82) is 0 Å². The SMILES string of the molecule is CC(C)(CCn1cnc2cc(C(=O)NCc3cc(O)sn3)cnc21)NC[C@H](O)c1cccc(NS(=O)(=O)c2ccccc2)c1. The molecule has 5 rings (SSSR count). The van der Waals surface area contributed by atoms with Gasteiger partial charge in [-0.3, -0.25) is 9.52 Å². The van der Waals surface area contributed by atoms with Crippen molar-refractivity contribution in [3.8, 4) is 5.06 Å². The van der Waals surface area contributed by atoms with Crippen LogP contribution < -0.4 is 15.4 Å². The van der Waals surface area contributed by atoms with Crippen molar-refractivity contribution in [3.05, 3.63) is 96.1 Å². The van der Waals surface area contributed by atoms with Gasteiger partial charge in [0.05, 0.1) is 35.1 Å². The summed E-state index contributed by atoms with van der Waals surface area (Å²) in [6, 6.07) is 18.0. The van der Waals surface area contributed by atoms with Crippen LogP contribution in [-0.4, -0.2) is 55.5 Å². The summed E-state index contributed by atoms with van der Waals surface area (Å²) in [6.45, 7) is 5.10. The molecule has 0 aliphatic carbocycles. The van der Waals surface area contributed by atoms with Crippen molar-refractivity contribution in [2.45, 2.75) is 49.9 Å². The summed E-state index contributed by atoms with van der Waals surface area (Å²) >= 11 is 0.959. The Morgan fingerprint density at radius 2 is 1.86 bits per heavy atom. The molecule has 0 fully saturated rings. The first kappa shape index (κ1) is 31.1. The zero-order valence-electron chi connectivity index (χ0n) is 24.1. The molecule has 0 spiro atoms. The number of hydrogen-bond donors (Lipinski definition) is 5. The molecule has 0 aliphatic heterocycles. The van der Waals surface area contributed by atoms with Crippen LogP contribution >= 0.6 is 11.5 Å². The van der Waals surface area contributed by atoms with Gasteiger partial charge in [-0.2, -0.15) is 4.37 Å². The van der Waals surface area contributed by atoms with E-state index in [2.05, 4.69) is 29.7 Å². The van der Waals surface area contributed by atoms with Crippen LogP contribution in [0.15, 0.2) is 84.1 Å². The van der Waals surface area contributed by atoms with Crippen LogP contribution in [-0.2, 0) is 23.1 Å². The topological polar surface area (TPSA) is 171 Å². The number of aromatic hydroxyl groups is 1. The summed E-state index contributed by atoms with van der Waals surface area (Å²) < 4.78 is 33.9. The number of rotatable bonds is 13. The number of sulfonamides is 1. The second-order valence-corrected chi connectivity index (χ2v) is 13.4. The van der Waals surface area contributed by atoms with Crippen molar-refractivity contribution in [2.75, 3.05) is 11.3 Å². The van der Waals surface area contributed by atoms with Gasteiger partial charge in [0.1, 0.15) is 5.52 Å². The molecule has 1 amide bonds. The third-order valence-corrected chi connectivity index (χ3v) is 9.05. The van der Waals surface area contributed by atoms with E-state index < -0.39 is 16.1 Å². The summed E-state index contributed by atoms with van der Waals surface area (Å²) in [4.78, 5) is 21.6. The van der Waals surface area contributed by atoms with E-state index in [-0.39, 0.29) is 34.5 Å². The maximum Gasteiger partial charge on any atom is 0.261 e. The highest BCUT2D eigenvalue weighted by molar-refractivity contribution is 7.92. The number of aliphatic hydroxyl groups excluding tert-OH is 1. The van der Waals surface area contributed by atoms with Crippen LogP contribution in [0, 0.1) is 0 Å². The van der Waals surface area contributed by atoms with Gasteiger partial charge >= 0.3 is 0 Å². The Balaban J connectivity index is 1.14. The Kier molecular flexibility index (Phi) is 9.25. The van der Waals surface area contributed by atoms with Crippen LogP contribution in [0.1, 0.15) is 48.0 Å². The zero-order valence-corrected chi connectivity index (χ0v) is 25.8. The van der Waals surface area contributed by atoms with Gasteiger partial charge < -0.3 is 25.4 Å². The van der Waals surface area contributed by atoms with Gasteiger partial charge in [0.15, 0.2) is 10.7 Å². The van der Waals surface area contributed by atoms with Crippen LogP contribution in [0.25, 0.3) is 11.2 Å². The standard InChI is InChI=1S/C30H33N7O5S2/c1-30(2,34-18-26(38)20-7-6-8-22(13-20)36-44(41,42)24-9-4-3-5-10-24)11-12-37-19-33-25-14-21(16-31-28(25)37)29(40)32-17-23-15-27(39)43-35-23/h3-10,13-16,19,26,34,36,38-39H,11-12,17-18H2,1-2H3,(H,32,40)/t26-/m0/s1. The maximum atomic E-state index is 12.7. The van der Waals surface area contributed by atoms with Crippen LogP contribution in [0.5, 0.6) is 5.06 Å². The minimum absolute atomic E-state index is 0.0921. The first-order valence-corrected chi connectivity index (χ1v) is 16.1.